The second-order valence-corrected chi connectivity index (χ2v) is 27.1. The predicted molar refractivity (Wildman–Crippen MR) is 277 cm³/mol. The monoisotopic (exact) mass is 1180 g/mol. The molecule has 4 aliphatic rings. The Balaban J connectivity index is 0.000000196. The Bertz CT molecular complexity index is 3440. The largest absolute Gasteiger partial charge is 0.567 e. The summed E-state index contributed by atoms with van der Waals surface area (Å²) in [4.78, 5) is 13.9. The van der Waals surface area contributed by atoms with Gasteiger partial charge in [-0.1, -0.05) is 56.1 Å². The number of hydrogen-bond donors (Lipinski definition) is 1. The van der Waals surface area contributed by atoms with Crippen molar-refractivity contribution in [3.63, 3.8) is 0 Å². The minimum absolute atomic E-state index is 0. The molecule has 10 rings (SSSR count). The zero-order chi connectivity index (χ0) is 52.6. The van der Waals surface area contributed by atoms with Crippen LogP contribution in [0.4, 0.5) is 65.0 Å². The van der Waals surface area contributed by atoms with Crippen LogP contribution in [0.1, 0.15) is 90.3 Å². The first kappa shape index (κ1) is 56.1. The first-order valence-corrected chi connectivity index (χ1v) is 29.3. The van der Waals surface area contributed by atoms with Crippen LogP contribution in [-0.4, -0.2) is 73.3 Å². The molecule has 4 aromatic carbocycles. The molecule has 5 heterocycles. The van der Waals surface area contributed by atoms with Crippen molar-refractivity contribution >= 4 is 125 Å². The predicted octanol–water partition coefficient (Wildman–Crippen LogP) is 15.7. The molecule has 0 atom stereocenters. The summed E-state index contributed by atoms with van der Waals surface area (Å²) in [7, 11) is -10.4. The molecule has 0 spiro atoms. The first-order valence-electron chi connectivity index (χ1n) is 23.0. The third-order valence-corrected chi connectivity index (χ3v) is 18.7. The van der Waals surface area contributed by atoms with Crippen LogP contribution in [0.2, 0.25) is 0 Å². The standard InChI is InChI=1S/C24H28N4O3S3.C23H20F6N5O2S3.Ni/c1-14(2)28-10-9-24(3,4)17-12-19(22(13-20(17)28)34(29,30)31)26-27-23-25-18-8-7-16(11-21(18)33-23)32-15-5-6-15;1-21(2)7-9-34-8-3-4-13-18(33-39(35,36)23(27,28)29)16(11-14(21)19(13)34)31-32-20-30-15-6-5-12(10-17(15)37-20)38-22(24,25)26;/h7-8,11-15H,5-6,9-10H2,1-4H3,(H,29,30,31);5-6,10-11H,3-4,7-9H2,1-2H3;/q;-1;. The van der Waals surface area contributed by atoms with Crippen LogP contribution in [0.5, 0.6) is 0 Å². The number of azo groups is 2. The molecule has 27 heteroatoms. The van der Waals surface area contributed by atoms with E-state index in [2.05, 4.69) is 79.9 Å². The van der Waals surface area contributed by atoms with Crippen molar-refractivity contribution in [2.45, 2.75) is 128 Å². The van der Waals surface area contributed by atoms with Crippen LogP contribution >= 0.6 is 46.2 Å². The van der Waals surface area contributed by atoms with Gasteiger partial charge in [0.2, 0.25) is 10.3 Å². The van der Waals surface area contributed by atoms with E-state index in [4.69, 9.17) is 0 Å². The number of thiazole rings is 2. The van der Waals surface area contributed by atoms with E-state index >= 15 is 0 Å². The van der Waals surface area contributed by atoms with Crippen LogP contribution in [0.3, 0.4) is 0 Å². The maximum Gasteiger partial charge on any atom is 0.483 e. The number of halogens is 6. The van der Waals surface area contributed by atoms with E-state index in [-0.39, 0.29) is 71.4 Å². The van der Waals surface area contributed by atoms with Crippen LogP contribution in [0, 0.1) is 0 Å². The quantitative estimate of drug-likeness (QED) is 0.0428. The van der Waals surface area contributed by atoms with E-state index in [1.165, 1.54) is 53.3 Å². The molecule has 74 heavy (non-hydrogen) atoms. The number of alkyl halides is 6. The first-order chi connectivity index (χ1) is 34.0. The van der Waals surface area contributed by atoms with Crippen LogP contribution < -0.4 is 9.80 Å². The summed E-state index contributed by atoms with van der Waals surface area (Å²) in [5, 5.41) is 17.9. The van der Waals surface area contributed by atoms with E-state index in [0.717, 1.165) is 63.0 Å². The van der Waals surface area contributed by atoms with Crippen molar-refractivity contribution in [1.29, 1.82) is 0 Å². The van der Waals surface area contributed by atoms with E-state index in [9.17, 15) is 47.7 Å². The Morgan fingerprint density at radius 1 is 0.770 bits per heavy atom. The Morgan fingerprint density at radius 2 is 1.34 bits per heavy atom. The van der Waals surface area contributed by atoms with Gasteiger partial charge in [0.15, 0.2) is 10.0 Å². The normalized spacial score (nSPS) is 17.6. The number of rotatable bonds is 11. The fourth-order valence-corrected chi connectivity index (χ4v) is 13.7. The number of thioether (sulfide) groups is 2. The van der Waals surface area contributed by atoms with Gasteiger partial charge in [0.1, 0.15) is 10.6 Å². The van der Waals surface area contributed by atoms with E-state index in [1.807, 2.05) is 36.6 Å². The molecule has 0 bridgehead atoms. The van der Waals surface area contributed by atoms with Gasteiger partial charge in [-0.25, -0.2) is 18.4 Å². The van der Waals surface area contributed by atoms with Gasteiger partial charge in [0.25, 0.3) is 10.1 Å². The molecule has 400 valence electrons. The minimum Gasteiger partial charge on any atom is -0.567 e. The zero-order valence-corrected chi connectivity index (χ0v) is 46.2. The maximum absolute atomic E-state index is 13.3. The smallest absolute Gasteiger partial charge is 0.483 e. The summed E-state index contributed by atoms with van der Waals surface area (Å²) in [5.74, 6) is 0. The van der Waals surface area contributed by atoms with Crippen molar-refractivity contribution in [1.82, 2.24) is 9.97 Å². The van der Waals surface area contributed by atoms with Crippen LogP contribution in [-0.2, 0) is 53.9 Å². The van der Waals surface area contributed by atoms with Gasteiger partial charge in [-0.05, 0) is 146 Å². The van der Waals surface area contributed by atoms with Crippen molar-refractivity contribution in [3.8, 4) is 0 Å². The molecule has 1 N–H and O–H groups in total. The molecule has 1 saturated carbocycles. The van der Waals surface area contributed by atoms with Gasteiger partial charge < -0.3 is 14.5 Å². The second-order valence-electron chi connectivity index (χ2n) is 19.6. The van der Waals surface area contributed by atoms with Crippen molar-refractivity contribution < 1.29 is 64.2 Å². The van der Waals surface area contributed by atoms with Gasteiger partial charge in [-0.2, -0.15) is 34.8 Å². The molecule has 1 fully saturated rings. The molecular weight excluding hydrogens is 1140 g/mol. The number of nitrogens with zero attached hydrogens (tertiary/aromatic N) is 9. The van der Waals surface area contributed by atoms with E-state index in [0.29, 0.717) is 52.5 Å². The average molecular weight is 1180 g/mol. The Hall–Kier alpha value is -4.11. The summed E-state index contributed by atoms with van der Waals surface area (Å²) in [5.41, 5.74) is -6.15. The number of sulfonamides is 1. The topological polar surface area (TPSA) is 184 Å². The van der Waals surface area contributed by atoms with Crippen LogP contribution in [0.25, 0.3) is 25.2 Å². The number of benzene rings is 4. The summed E-state index contributed by atoms with van der Waals surface area (Å²) >= 11 is 3.98. The summed E-state index contributed by atoms with van der Waals surface area (Å²) in [6, 6.07) is 15.2. The summed E-state index contributed by atoms with van der Waals surface area (Å²) in [6.07, 6.45) is 5.15. The molecule has 2 aromatic heterocycles. The summed E-state index contributed by atoms with van der Waals surface area (Å²) in [6.45, 7) is 14.6. The molecule has 3 aliphatic heterocycles. The van der Waals surface area contributed by atoms with Gasteiger partial charge in [0.05, 0.1) is 26.1 Å². The summed E-state index contributed by atoms with van der Waals surface area (Å²) < 4.78 is 142. The maximum atomic E-state index is 13.3. The van der Waals surface area contributed by atoms with E-state index in [1.54, 1.807) is 12.1 Å². The number of hydrogen-bond acceptors (Lipinski definition) is 16. The zero-order valence-electron chi connectivity index (χ0n) is 40.4. The van der Waals surface area contributed by atoms with Crippen molar-refractivity contribution in [3.05, 3.63) is 76.0 Å². The van der Waals surface area contributed by atoms with Gasteiger partial charge in [-0.3, -0.25) is 4.55 Å². The number of anilines is 2. The third kappa shape index (κ3) is 12.2. The van der Waals surface area contributed by atoms with Gasteiger partial charge in [0, 0.05) is 68.6 Å². The van der Waals surface area contributed by atoms with Crippen molar-refractivity contribution in [2.24, 2.45) is 20.5 Å². The van der Waals surface area contributed by atoms with Gasteiger partial charge in [-0.15, -0.1) is 32.2 Å². The molecule has 0 amide bonds. The number of fused-ring (bicyclic) bond motifs is 3. The molecule has 0 radical (unpaired) electrons. The average Bonchev–Trinajstić information content (AvgIpc) is 3.86. The molecular formula is C47H48F6N9NiO5S6-. The fraction of sp³-hybridized carbons (Fsp3) is 0.447. The van der Waals surface area contributed by atoms with E-state index < -0.39 is 36.8 Å². The third-order valence-electron chi connectivity index (χ3n) is 13.0. The SMILES string of the molecule is CC(C)N1CCC(C)(C)c2cc(N=Nc3nc4ccc(SC5CC5)cc4s3)c(S(=O)(=O)O)cc21.CC1(C)CCN2CCCc3c([N-]S(=O)(=O)C(F)(F)F)c(N=Nc4nc5ccc(SC(F)(F)F)cc5s4)cc1c32.[Ni]. The molecule has 14 nitrogen and oxygen atoms in total. The molecule has 0 saturated heterocycles. The number of aromatic nitrogens is 2. The molecule has 6 aromatic rings. The van der Waals surface area contributed by atoms with Crippen molar-refractivity contribution in [2.75, 3.05) is 29.4 Å². The van der Waals surface area contributed by atoms with Gasteiger partial charge >= 0.3 is 11.0 Å². The fourth-order valence-electron chi connectivity index (χ4n) is 9.02. The Morgan fingerprint density at radius 3 is 1.92 bits per heavy atom. The molecule has 0 unspecified atom stereocenters. The minimum atomic E-state index is -5.88. The second kappa shape index (κ2) is 20.7. The Kier molecular flexibility index (Phi) is 15.7. The van der Waals surface area contributed by atoms with Crippen LogP contribution in [0.15, 0.2) is 89.7 Å². The molecule has 1 aliphatic carbocycles. The Labute approximate surface area is 450 Å².